The second kappa shape index (κ2) is 10.3. The standard InChI is InChI=1S/C30H35IO7/c1-15(2)10-21(32)20-8-9-22-23(26(20)35-5)28(33)36-14-18-11-16(3)24(31)27(25(18)37-22)38-29(34)30(4)13-17-6-7-19(30)12-17/h8-9,11,15,17,19,21,32H,6-7,10,12-14H2,1-5H3/t17?,19?,21-,30?/m0/s1. The van der Waals surface area contributed by atoms with Gasteiger partial charge < -0.3 is 24.1 Å². The summed E-state index contributed by atoms with van der Waals surface area (Å²) in [5, 5.41) is 10.8. The Bertz CT molecular complexity index is 1290. The normalized spacial score (nSPS) is 24.6. The molecule has 0 amide bonds. The Morgan fingerprint density at radius 2 is 2.03 bits per heavy atom. The zero-order valence-electron chi connectivity index (χ0n) is 22.6. The molecule has 4 atom stereocenters. The Labute approximate surface area is 237 Å². The number of halogens is 1. The fraction of sp³-hybridized carbons (Fsp3) is 0.533. The lowest BCUT2D eigenvalue weighted by atomic mass is 9.75. The minimum absolute atomic E-state index is 0.0557. The highest BCUT2D eigenvalue weighted by atomic mass is 127. The van der Waals surface area contributed by atoms with Crippen molar-refractivity contribution in [3.05, 3.63) is 44.0 Å². The van der Waals surface area contributed by atoms with Crippen LogP contribution in [0.3, 0.4) is 0 Å². The molecule has 2 aliphatic carbocycles. The van der Waals surface area contributed by atoms with E-state index in [1.165, 1.54) is 13.5 Å². The lowest BCUT2D eigenvalue weighted by Crippen LogP contribution is -2.37. The molecule has 204 valence electrons. The third kappa shape index (κ3) is 4.68. The van der Waals surface area contributed by atoms with Crippen LogP contribution in [0.4, 0.5) is 0 Å². The topological polar surface area (TPSA) is 91.3 Å². The highest BCUT2D eigenvalue weighted by Gasteiger charge is 2.53. The van der Waals surface area contributed by atoms with E-state index in [0.717, 1.165) is 28.4 Å². The van der Waals surface area contributed by atoms with Crippen molar-refractivity contribution < 1.29 is 33.6 Å². The van der Waals surface area contributed by atoms with E-state index in [9.17, 15) is 14.7 Å². The second-order valence-corrected chi connectivity index (χ2v) is 12.7. The van der Waals surface area contributed by atoms with Gasteiger partial charge in [-0.05, 0) is 104 Å². The number of carbonyl (C=O) groups is 2. The van der Waals surface area contributed by atoms with Gasteiger partial charge in [0.15, 0.2) is 11.5 Å². The van der Waals surface area contributed by atoms with Crippen molar-refractivity contribution >= 4 is 34.5 Å². The number of fused-ring (bicyclic) bond motifs is 4. The summed E-state index contributed by atoms with van der Waals surface area (Å²) in [5.74, 6) is 1.47. The van der Waals surface area contributed by atoms with Crippen LogP contribution in [0.15, 0.2) is 18.2 Å². The number of ether oxygens (including phenoxy) is 4. The first kappa shape index (κ1) is 27.2. The van der Waals surface area contributed by atoms with Crippen LogP contribution in [0.2, 0.25) is 0 Å². The number of aliphatic hydroxyl groups is 1. The molecular weight excluding hydrogens is 599 g/mol. The van der Waals surface area contributed by atoms with Gasteiger partial charge in [0.05, 0.1) is 22.2 Å². The van der Waals surface area contributed by atoms with Crippen LogP contribution in [-0.2, 0) is 16.1 Å². The summed E-state index contributed by atoms with van der Waals surface area (Å²) in [6.45, 7) is 7.93. The molecule has 2 fully saturated rings. The lowest BCUT2D eigenvalue weighted by molar-refractivity contribution is -0.148. The zero-order valence-corrected chi connectivity index (χ0v) is 24.7. The van der Waals surface area contributed by atoms with Crippen molar-refractivity contribution in [2.24, 2.45) is 23.2 Å². The van der Waals surface area contributed by atoms with E-state index < -0.39 is 17.5 Å². The highest BCUT2D eigenvalue weighted by Crippen LogP contribution is 2.57. The largest absolute Gasteiger partial charge is 0.495 e. The van der Waals surface area contributed by atoms with Crippen LogP contribution >= 0.6 is 22.6 Å². The van der Waals surface area contributed by atoms with Gasteiger partial charge in [0.25, 0.3) is 0 Å². The van der Waals surface area contributed by atoms with Crippen molar-refractivity contribution in [2.75, 3.05) is 7.11 Å². The Morgan fingerprint density at radius 3 is 2.66 bits per heavy atom. The summed E-state index contributed by atoms with van der Waals surface area (Å²) in [6.07, 6.45) is 3.87. The molecule has 0 spiro atoms. The van der Waals surface area contributed by atoms with Gasteiger partial charge in [0, 0.05) is 11.1 Å². The minimum Gasteiger partial charge on any atom is -0.495 e. The third-order valence-electron chi connectivity index (χ3n) is 8.43. The molecule has 3 unspecified atom stereocenters. The average Bonchev–Trinajstić information content (AvgIpc) is 3.46. The van der Waals surface area contributed by atoms with Crippen LogP contribution in [0.5, 0.6) is 23.0 Å². The van der Waals surface area contributed by atoms with E-state index in [4.69, 9.17) is 18.9 Å². The Kier molecular flexibility index (Phi) is 7.41. The summed E-state index contributed by atoms with van der Waals surface area (Å²) in [4.78, 5) is 26.8. The zero-order chi connectivity index (χ0) is 27.4. The Hall–Kier alpha value is -2.33. The number of rotatable bonds is 6. The first-order chi connectivity index (χ1) is 18.0. The molecule has 2 aromatic carbocycles. The molecule has 1 N–H and O–H groups in total. The maximum atomic E-state index is 13.6. The quantitative estimate of drug-likeness (QED) is 0.211. The minimum atomic E-state index is -0.816. The summed E-state index contributed by atoms with van der Waals surface area (Å²) < 4.78 is 24.6. The van der Waals surface area contributed by atoms with Crippen LogP contribution in [-0.4, -0.2) is 24.2 Å². The molecular formula is C30H35IO7. The second-order valence-electron chi connectivity index (χ2n) is 11.6. The van der Waals surface area contributed by atoms with Crippen molar-refractivity contribution in [2.45, 2.75) is 72.5 Å². The molecule has 2 bridgehead atoms. The van der Waals surface area contributed by atoms with E-state index in [0.29, 0.717) is 40.9 Å². The fourth-order valence-corrected chi connectivity index (χ4v) is 6.94. The number of hydrogen-bond acceptors (Lipinski definition) is 7. The van der Waals surface area contributed by atoms with E-state index in [-0.39, 0.29) is 35.6 Å². The molecule has 2 saturated carbocycles. The highest BCUT2D eigenvalue weighted by molar-refractivity contribution is 14.1. The molecule has 0 aromatic heterocycles. The van der Waals surface area contributed by atoms with Crippen LogP contribution in [0.25, 0.3) is 0 Å². The van der Waals surface area contributed by atoms with Gasteiger partial charge in [0.2, 0.25) is 0 Å². The van der Waals surface area contributed by atoms with Gasteiger partial charge in [0.1, 0.15) is 23.7 Å². The van der Waals surface area contributed by atoms with Crippen molar-refractivity contribution in [3.63, 3.8) is 0 Å². The van der Waals surface area contributed by atoms with Crippen molar-refractivity contribution in [1.29, 1.82) is 0 Å². The van der Waals surface area contributed by atoms with E-state index in [1.807, 2.05) is 33.8 Å². The van der Waals surface area contributed by atoms with Gasteiger partial charge in [-0.3, -0.25) is 4.79 Å². The molecule has 5 rings (SSSR count). The average molecular weight is 635 g/mol. The van der Waals surface area contributed by atoms with Crippen LogP contribution in [0, 0.1) is 33.7 Å². The number of cyclic esters (lactones) is 1. The monoisotopic (exact) mass is 634 g/mol. The van der Waals surface area contributed by atoms with Gasteiger partial charge in [-0.1, -0.05) is 20.3 Å². The number of benzene rings is 2. The summed E-state index contributed by atoms with van der Waals surface area (Å²) in [7, 11) is 1.46. The molecule has 38 heavy (non-hydrogen) atoms. The molecule has 1 aliphatic heterocycles. The first-order valence-corrected chi connectivity index (χ1v) is 14.4. The van der Waals surface area contributed by atoms with Gasteiger partial charge >= 0.3 is 11.9 Å². The first-order valence-electron chi connectivity index (χ1n) is 13.3. The molecule has 0 saturated heterocycles. The summed E-state index contributed by atoms with van der Waals surface area (Å²) in [6, 6.07) is 5.24. The van der Waals surface area contributed by atoms with Crippen LogP contribution in [0.1, 0.15) is 86.0 Å². The number of methoxy groups -OCH3 is 1. The van der Waals surface area contributed by atoms with Gasteiger partial charge in [-0.25, -0.2) is 4.79 Å². The van der Waals surface area contributed by atoms with Gasteiger partial charge in [-0.2, -0.15) is 0 Å². The van der Waals surface area contributed by atoms with E-state index in [1.54, 1.807) is 12.1 Å². The maximum absolute atomic E-state index is 13.6. The smallest absolute Gasteiger partial charge is 0.346 e. The Balaban J connectivity index is 1.57. The van der Waals surface area contributed by atoms with Crippen molar-refractivity contribution in [3.8, 4) is 23.0 Å². The summed E-state index contributed by atoms with van der Waals surface area (Å²) >= 11 is 2.18. The molecule has 1 heterocycles. The number of aryl methyl sites for hydroxylation is 1. The number of esters is 2. The molecule has 2 aromatic rings. The number of carbonyl (C=O) groups excluding carboxylic acids is 2. The predicted octanol–water partition coefficient (Wildman–Crippen LogP) is 6.88. The molecule has 7 nitrogen and oxygen atoms in total. The SMILES string of the molecule is COc1c([C@@H](O)CC(C)C)ccc2c1C(=O)OCc1cc(C)c(I)c(OC(=O)C3(C)CC4CCC3C4)c1O2. The van der Waals surface area contributed by atoms with Crippen LogP contribution < -0.4 is 14.2 Å². The third-order valence-corrected chi connectivity index (χ3v) is 9.77. The number of aliphatic hydroxyl groups excluding tert-OH is 1. The number of hydrogen-bond donors (Lipinski definition) is 1. The van der Waals surface area contributed by atoms with Gasteiger partial charge in [-0.15, -0.1) is 0 Å². The lowest BCUT2D eigenvalue weighted by Gasteiger charge is -2.32. The molecule has 3 aliphatic rings. The van der Waals surface area contributed by atoms with Crippen molar-refractivity contribution in [1.82, 2.24) is 0 Å². The van der Waals surface area contributed by atoms with E-state index >= 15 is 0 Å². The Morgan fingerprint density at radius 1 is 1.26 bits per heavy atom. The molecule has 8 heteroatoms. The molecule has 0 radical (unpaired) electrons. The fourth-order valence-electron chi connectivity index (χ4n) is 6.43. The van der Waals surface area contributed by atoms with E-state index in [2.05, 4.69) is 22.6 Å². The predicted molar refractivity (Wildman–Crippen MR) is 150 cm³/mol. The maximum Gasteiger partial charge on any atom is 0.346 e. The summed E-state index contributed by atoms with van der Waals surface area (Å²) in [5.41, 5.74) is 1.60.